The Morgan fingerprint density at radius 2 is 2.67 bits per heavy atom. The van der Waals surface area contributed by atoms with Crippen molar-refractivity contribution in [3.8, 4) is 0 Å². The van der Waals surface area contributed by atoms with E-state index >= 15 is 0 Å². The van der Waals surface area contributed by atoms with Gasteiger partial charge in [0.1, 0.15) is 0 Å². The normalized spacial score (nSPS) is 16.8. The molecule has 1 aliphatic rings. The first-order valence-corrected chi connectivity index (χ1v) is 3.36. The number of hydrogen-bond acceptors (Lipinski definition) is 1. The fraction of sp³-hybridized carbons (Fsp3) is 0.500. The molecule has 0 atom stereocenters. The topological polar surface area (TPSA) is 12.0 Å². The molecule has 50 valence electrons. The van der Waals surface area contributed by atoms with Gasteiger partial charge in [0.05, 0.1) is 0 Å². The Bertz CT molecular complexity index is 145. The lowest BCUT2D eigenvalue weighted by molar-refractivity contribution is 0.845. The lowest BCUT2D eigenvalue weighted by Crippen LogP contribution is -2.06. The zero-order valence-electron chi connectivity index (χ0n) is 5.91. The number of hydrogen-bond donors (Lipinski definition) is 1. The maximum absolute atomic E-state index is 3.84. The lowest BCUT2D eigenvalue weighted by atomic mass is 10.2. The summed E-state index contributed by atoms with van der Waals surface area (Å²) in [6.07, 6.45) is 4.46. The van der Waals surface area contributed by atoms with E-state index in [1.807, 2.05) is 0 Å². The minimum absolute atomic E-state index is 1.03. The van der Waals surface area contributed by atoms with Gasteiger partial charge in [0.2, 0.25) is 0 Å². The van der Waals surface area contributed by atoms with Gasteiger partial charge in [-0.15, -0.1) is 0 Å². The van der Waals surface area contributed by atoms with Gasteiger partial charge in [0.25, 0.3) is 0 Å². The van der Waals surface area contributed by atoms with Crippen LogP contribution in [0, 0.1) is 0 Å². The molecule has 0 saturated carbocycles. The summed E-state index contributed by atoms with van der Waals surface area (Å²) in [6, 6.07) is 0. The number of allylic oxidation sites excluding steroid dienone is 1. The van der Waals surface area contributed by atoms with E-state index in [0.717, 1.165) is 13.0 Å². The van der Waals surface area contributed by atoms with E-state index in [1.165, 1.54) is 17.7 Å². The van der Waals surface area contributed by atoms with Crippen molar-refractivity contribution in [2.75, 3.05) is 6.54 Å². The summed E-state index contributed by atoms with van der Waals surface area (Å²) in [4.78, 5) is 0. The summed E-state index contributed by atoms with van der Waals surface area (Å²) < 4.78 is 0. The molecule has 0 bridgehead atoms. The first kappa shape index (κ1) is 6.40. The molecular formula is C8H13N. The summed E-state index contributed by atoms with van der Waals surface area (Å²) in [6.45, 7) is 7.01. The fourth-order valence-corrected chi connectivity index (χ4v) is 1.01. The summed E-state index contributed by atoms with van der Waals surface area (Å²) in [5.74, 6) is 0. The van der Waals surface area contributed by atoms with Crippen molar-refractivity contribution < 1.29 is 0 Å². The summed E-state index contributed by atoms with van der Waals surface area (Å²) in [7, 11) is 0. The van der Waals surface area contributed by atoms with Crippen molar-refractivity contribution in [3.05, 3.63) is 23.9 Å². The predicted molar refractivity (Wildman–Crippen MR) is 40.1 cm³/mol. The van der Waals surface area contributed by atoms with Crippen molar-refractivity contribution in [2.24, 2.45) is 0 Å². The van der Waals surface area contributed by atoms with Crippen molar-refractivity contribution in [1.82, 2.24) is 5.32 Å². The molecule has 0 aliphatic carbocycles. The van der Waals surface area contributed by atoms with Crippen LogP contribution in [0.25, 0.3) is 0 Å². The molecule has 1 rings (SSSR count). The van der Waals surface area contributed by atoms with Gasteiger partial charge in [0, 0.05) is 18.7 Å². The van der Waals surface area contributed by atoms with Crippen LogP contribution in [-0.4, -0.2) is 6.54 Å². The fourth-order valence-electron chi connectivity index (χ4n) is 1.01. The van der Waals surface area contributed by atoms with Gasteiger partial charge in [-0.05, 0) is 13.3 Å². The molecule has 0 fully saturated rings. The van der Waals surface area contributed by atoms with E-state index in [4.69, 9.17) is 0 Å². The summed E-state index contributed by atoms with van der Waals surface area (Å²) >= 11 is 0. The van der Waals surface area contributed by atoms with Gasteiger partial charge in [-0.25, -0.2) is 0 Å². The van der Waals surface area contributed by atoms with Crippen LogP contribution in [0.4, 0.5) is 0 Å². The van der Waals surface area contributed by atoms with Gasteiger partial charge < -0.3 is 5.32 Å². The quantitative estimate of drug-likeness (QED) is 0.552. The van der Waals surface area contributed by atoms with Gasteiger partial charge in [-0.3, -0.25) is 0 Å². The second-order valence-corrected chi connectivity index (χ2v) is 2.58. The molecule has 0 aromatic rings. The average molecular weight is 123 g/mol. The number of nitrogens with one attached hydrogen (secondary N) is 1. The standard InChI is InChI=1S/C8H13N/c1-7(2)6-8-4-3-5-9-8/h4,9H,1,3,5-6H2,2H3. The third-order valence-corrected chi connectivity index (χ3v) is 1.38. The molecule has 9 heavy (non-hydrogen) atoms. The third-order valence-electron chi connectivity index (χ3n) is 1.38. The predicted octanol–water partition coefficient (Wildman–Crippen LogP) is 1.83. The Kier molecular flexibility index (Phi) is 1.93. The Labute approximate surface area is 56.5 Å². The molecule has 1 heterocycles. The molecule has 0 aromatic heterocycles. The Morgan fingerprint density at radius 1 is 1.89 bits per heavy atom. The van der Waals surface area contributed by atoms with E-state index in [1.54, 1.807) is 0 Å². The highest BCUT2D eigenvalue weighted by molar-refractivity contribution is 5.13. The van der Waals surface area contributed by atoms with Gasteiger partial charge in [0.15, 0.2) is 0 Å². The van der Waals surface area contributed by atoms with Gasteiger partial charge in [-0.2, -0.15) is 0 Å². The molecule has 0 amide bonds. The molecule has 0 aromatic carbocycles. The second kappa shape index (κ2) is 2.72. The van der Waals surface area contributed by atoms with Gasteiger partial charge >= 0.3 is 0 Å². The molecule has 1 aliphatic heterocycles. The van der Waals surface area contributed by atoms with Crippen LogP contribution in [0.5, 0.6) is 0 Å². The van der Waals surface area contributed by atoms with Crippen LogP contribution in [0.1, 0.15) is 19.8 Å². The zero-order chi connectivity index (χ0) is 6.69. The molecule has 0 unspecified atom stereocenters. The summed E-state index contributed by atoms with van der Waals surface area (Å²) in [5.41, 5.74) is 2.58. The molecule has 1 heteroatoms. The van der Waals surface area contributed by atoms with E-state index in [0.29, 0.717) is 0 Å². The smallest absolute Gasteiger partial charge is 0.0179 e. The van der Waals surface area contributed by atoms with Crippen molar-refractivity contribution in [2.45, 2.75) is 19.8 Å². The highest BCUT2D eigenvalue weighted by atomic mass is 14.9. The molecule has 1 nitrogen and oxygen atoms in total. The van der Waals surface area contributed by atoms with Crippen LogP contribution >= 0.6 is 0 Å². The van der Waals surface area contributed by atoms with Crippen LogP contribution in [0.3, 0.4) is 0 Å². The van der Waals surface area contributed by atoms with Crippen molar-refractivity contribution in [1.29, 1.82) is 0 Å². The largest absolute Gasteiger partial charge is 0.388 e. The SMILES string of the molecule is C=C(C)CC1=CCCN1. The van der Waals surface area contributed by atoms with Crippen LogP contribution in [-0.2, 0) is 0 Å². The van der Waals surface area contributed by atoms with E-state index in [9.17, 15) is 0 Å². The second-order valence-electron chi connectivity index (χ2n) is 2.58. The van der Waals surface area contributed by atoms with Crippen LogP contribution in [0.15, 0.2) is 23.9 Å². The lowest BCUT2D eigenvalue weighted by Gasteiger charge is -2.01. The van der Waals surface area contributed by atoms with E-state index in [2.05, 4.69) is 24.9 Å². The van der Waals surface area contributed by atoms with E-state index < -0.39 is 0 Å². The maximum Gasteiger partial charge on any atom is 0.0179 e. The highest BCUT2D eigenvalue weighted by Crippen LogP contribution is 2.09. The molecule has 0 radical (unpaired) electrons. The Hall–Kier alpha value is -0.720. The molecular weight excluding hydrogens is 110 g/mol. The van der Waals surface area contributed by atoms with Crippen LogP contribution < -0.4 is 5.32 Å². The molecule has 1 N–H and O–H groups in total. The van der Waals surface area contributed by atoms with Gasteiger partial charge in [-0.1, -0.05) is 18.2 Å². The maximum atomic E-state index is 3.84. The third kappa shape index (κ3) is 1.92. The average Bonchev–Trinajstić information content (AvgIpc) is 2.15. The number of rotatable bonds is 2. The minimum Gasteiger partial charge on any atom is -0.388 e. The van der Waals surface area contributed by atoms with Crippen molar-refractivity contribution in [3.63, 3.8) is 0 Å². The summed E-state index contributed by atoms with van der Waals surface area (Å²) in [5, 5.41) is 3.29. The highest BCUT2D eigenvalue weighted by Gasteiger charge is 2.01. The minimum atomic E-state index is 1.03. The first-order valence-electron chi connectivity index (χ1n) is 3.36. The van der Waals surface area contributed by atoms with E-state index in [-0.39, 0.29) is 0 Å². The Morgan fingerprint density at radius 3 is 3.11 bits per heavy atom. The monoisotopic (exact) mass is 123 g/mol. The molecule has 0 saturated heterocycles. The van der Waals surface area contributed by atoms with Crippen molar-refractivity contribution >= 4 is 0 Å². The zero-order valence-corrected chi connectivity index (χ0v) is 5.91. The molecule has 0 spiro atoms. The first-order chi connectivity index (χ1) is 4.29. The Balaban J connectivity index is 2.35. The van der Waals surface area contributed by atoms with Crippen LogP contribution in [0.2, 0.25) is 0 Å².